The molecule has 2 amide bonds. The molecule has 0 bridgehead atoms. The average molecular weight is 346 g/mol. The lowest BCUT2D eigenvalue weighted by Gasteiger charge is -2.29. The number of benzene rings is 1. The molecule has 2 rings (SSSR count). The van der Waals surface area contributed by atoms with Crippen LogP contribution in [-0.4, -0.2) is 36.6 Å². The smallest absolute Gasteiger partial charge is 0.412 e. The molecule has 0 spiro atoms. The van der Waals surface area contributed by atoms with E-state index in [0.29, 0.717) is 18.6 Å². The van der Waals surface area contributed by atoms with Crippen LogP contribution in [0.1, 0.15) is 37.3 Å². The minimum absolute atomic E-state index is 0.0948. The van der Waals surface area contributed by atoms with Crippen molar-refractivity contribution in [3.63, 3.8) is 0 Å². The van der Waals surface area contributed by atoms with Gasteiger partial charge in [-0.25, -0.2) is 4.79 Å². The molecule has 0 unspecified atom stereocenters. The second kappa shape index (κ2) is 7.74. The second-order valence-electron chi connectivity index (χ2n) is 5.82. The van der Waals surface area contributed by atoms with Crippen LogP contribution in [0.2, 0.25) is 0 Å². The first-order valence-corrected chi connectivity index (χ1v) is 7.77. The molecular weight excluding hydrogens is 325 g/mol. The van der Waals surface area contributed by atoms with Gasteiger partial charge in [0.2, 0.25) is 0 Å². The highest BCUT2D eigenvalue weighted by atomic mass is 19.4. The van der Waals surface area contributed by atoms with Crippen LogP contribution in [0, 0.1) is 0 Å². The fourth-order valence-electron chi connectivity index (χ4n) is 2.77. The van der Waals surface area contributed by atoms with E-state index in [1.807, 2.05) is 5.32 Å². The highest BCUT2D eigenvalue weighted by Crippen LogP contribution is 2.33. The Morgan fingerprint density at radius 3 is 2.42 bits per heavy atom. The third-order valence-electron chi connectivity index (χ3n) is 4.10. The summed E-state index contributed by atoms with van der Waals surface area (Å²) in [6.07, 6.45) is -2.62. The number of urea groups is 1. The first-order chi connectivity index (χ1) is 11.3. The van der Waals surface area contributed by atoms with Gasteiger partial charge in [-0.1, -0.05) is 25.0 Å². The van der Waals surface area contributed by atoms with Gasteiger partial charge in [0.05, 0.1) is 19.3 Å². The van der Waals surface area contributed by atoms with E-state index in [2.05, 4.69) is 5.32 Å². The molecule has 1 aromatic carbocycles. The Morgan fingerprint density at radius 1 is 1.25 bits per heavy atom. The number of hydrogen-bond donors (Lipinski definition) is 3. The van der Waals surface area contributed by atoms with E-state index in [0.717, 1.165) is 12.8 Å². The molecular formula is C16H21F3N2O3. The minimum atomic E-state index is -4.64. The molecule has 5 nitrogen and oxygen atoms in total. The van der Waals surface area contributed by atoms with Gasteiger partial charge in [-0.2, -0.15) is 13.2 Å². The third-order valence-corrected chi connectivity index (χ3v) is 4.10. The second-order valence-corrected chi connectivity index (χ2v) is 5.82. The maximum atomic E-state index is 13.3. The quantitative estimate of drug-likeness (QED) is 0.785. The highest BCUT2D eigenvalue weighted by molar-refractivity contribution is 5.75. The number of amides is 2. The minimum Gasteiger partial charge on any atom is -0.497 e. The van der Waals surface area contributed by atoms with Gasteiger partial charge in [0.1, 0.15) is 5.75 Å². The predicted molar refractivity (Wildman–Crippen MR) is 81.7 cm³/mol. The van der Waals surface area contributed by atoms with Crippen molar-refractivity contribution in [2.24, 2.45) is 0 Å². The fourth-order valence-corrected chi connectivity index (χ4v) is 2.77. The zero-order valence-corrected chi connectivity index (χ0v) is 13.3. The lowest BCUT2D eigenvalue weighted by Crippen LogP contribution is -2.51. The Labute approximate surface area is 138 Å². The van der Waals surface area contributed by atoms with Crippen LogP contribution < -0.4 is 15.4 Å². The van der Waals surface area contributed by atoms with Crippen molar-refractivity contribution in [2.75, 3.05) is 7.11 Å². The van der Waals surface area contributed by atoms with E-state index in [1.165, 1.54) is 31.4 Å². The van der Waals surface area contributed by atoms with Crippen LogP contribution in [0.4, 0.5) is 18.0 Å². The van der Waals surface area contributed by atoms with Crippen molar-refractivity contribution in [3.05, 3.63) is 29.8 Å². The number of rotatable bonds is 4. The van der Waals surface area contributed by atoms with Gasteiger partial charge in [0.15, 0.2) is 6.04 Å². The zero-order valence-electron chi connectivity index (χ0n) is 13.3. The lowest BCUT2D eigenvalue weighted by molar-refractivity contribution is -0.155. The number of alkyl halides is 3. The molecule has 1 aromatic rings. The Balaban J connectivity index is 2.06. The van der Waals surface area contributed by atoms with E-state index in [9.17, 15) is 23.1 Å². The largest absolute Gasteiger partial charge is 0.497 e. The molecule has 24 heavy (non-hydrogen) atoms. The van der Waals surface area contributed by atoms with Gasteiger partial charge in [0.25, 0.3) is 0 Å². The molecule has 134 valence electrons. The van der Waals surface area contributed by atoms with E-state index < -0.39 is 30.4 Å². The standard InChI is InChI=1S/C16H21F3N2O3/c1-24-11-8-6-10(7-9-11)14(16(17,18)19)21-15(23)20-12-4-2-3-5-13(12)22/h6-9,12-14,22H,2-5H2,1H3,(H2,20,21,23)/t12-,13+,14-/m0/s1. The summed E-state index contributed by atoms with van der Waals surface area (Å²) in [7, 11) is 1.41. The Kier molecular flexibility index (Phi) is 5.93. The van der Waals surface area contributed by atoms with Crippen molar-refractivity contribution in [2.45, 2.75) is 50.0 Å². The summed E-state index contributed by atoms with van der Waals surface area (Å²) in [5.41, 5.74) is -0.0948. The molecule has 1 aliphatic rings. The fraction of sp³-hybridized carbons (Fsp3) is 0.562. The Bertz CT molecular complexity index is 548. The summed E-state index contributed by atoms with van der Waals surface area (Å²) in [4.78, 5) is 12.0. The van der Waals surface area contributed by atoms with E-state index in [4.69, 9.17) is 4.74 Å². The number of halogens is 3. The topological polar surface area (TPSA) is 70.6 Å². The Hall–Kier alpha value is -1.96. The summed E-state index contributed by atoms with van der Waals surface area (Å²) in [6, 6.07) is 1.71. The molecule has 1 aliphatic carbocycles. The summed E-state index contributed by atoms with van der Waals surface area (Å²) in [5.74, 6) is 0.425. The maximum Gasteiger partial charge on any atom is 0.412 e. The molecule has 3 N–H and O–H groups in total. The molecule has 0 aliphatic heterocycles. The van der Waals surface area contributed by atoms with Gasteiger partial charge in [0, 0.05) is 0 Å². The SMILES string of the molecule is COc1ccc([C@H](NC(=O)N[C@H]2CCCC[C@H]2O)C(F)(F)F)cc1. The zero-order chi connectivity index (χ0) is 17.7. The van der Waals surface area contributed by atoms with Crippen LogP contribution in [0.25, 0.3) is 0 Å². The lowest BCUT2D eigenvalue weighted by atomic mass is 9.93. The van der Waals surface area contributed by atoms with Gasteiger partial charge in [-0.15, -0.1) is 0 Å². The number of ether oxygens (including phenoxy) is 1. The average Bonchev–Trinajstić information content (AvgIpc) is 2.54. The summed E-state index contributed by atoms with van der Waals surface area (Å²) in [5, 5.41) is 14.2. The van der Waals surface area contributed by atoms with Crippen molar-refractivity contribution < 1.29 is 27.8 Å². The molecule has 3 atom stereocenters. The van der Waals surface area contributed by atoms with Crippen LogP contribution in [0.15, 0.2) is 24.3 Å². The number of nitrogens with one attached hydrogen (secondary N) is 2. The molecule has 1 saturated carbocycles. The van der Waals surface area contributed by atoms with Crippen molar-refractivity contribution >= 4 is 6.03 Å². The van der Waals surface area contributed by atoms with E-state index in [-0.39, 0.29) is 5.56 Å². The van der Waals surface area contributed by atoms with Crippen molar-refractivity contribution in [1.82, 2.24) is 10.6 Å². The number of hydrogen-bond acceptors (Lipinski definition) is 3. The van der Waals surface area contributed by atoms with E-state index >= 15 is 0 Å². The maximum absolute atomic E-state index is 13.3. The van der Waals surface area contributed by atoms with Crippen LogP contribution in [0.5, 0.6) is 5.75 Å². The van der Waals surface area contributed by atoms with Crippen molar-refractivity contribution in [1.29, 1.82) is 0 Å². The number of aliphatic hydroxyl groups excluding tert-OH is 1. The molecule has 0 aromatic heterocycles. The molecule has 0 heterocycles. The van der Waals surface area contributed by atoms with Crippen LogP contribution in [0.3, 0.4) is 0 Å². The van der Waals surface area contributed by atoms with E-state index in [1.54, 1.807) is 0 Å². The molecule has 1 fully saturated rings. The van der Waals surface area contributed by atoms with Gasteiger partial charge in [-0.05, 0) is 30.5 Å². The van der Waals surface area contributed by atoms with Gasteiger partial charge in [-0.3, -0.25) is 0 Å². The number of aliphatic hydroxyl groups is 1. The summed E-state index contributed by atoms with van der Waals surface area (Å²) >= 11 is 0. The first-order valence-electron chi connectivity index (χ1n) is 7.77. The number of carbonyl (C=O) groups is 1. The number of methoxy groups -OCH3 is 1. The van der Waals surface area contributed by atoms with Gasteiger partial charge < -0.3 is 20.5 Å². The number of carbonyl (C=O) groups excluding carboxylic acids is 1. The first kappa shape index (κ1) is 18.4. The normalized spacial score (nSPS) is 22.5. The predicted octanol–water partition coefficient (Wildman–Crippen LogP) is 2.90. The molecule has 8 heteroatoms. The Morgan fingerprint density at radius 2 is 1.88 bits per heavy atom. The van der Waals surface area contributed by atoms with Crippen LogP contribution in [-0.2, 0) is 0 Å². The van der Waals surface area contributed by atoms with Gasteiger partial charge >= 0.3 is 12.2 Å². The third kappa shape index (κ3) is 4.77. The highest BCUT2D eigenvalue weighted by Gasteiger charge is 2.42. The summed E-state index contributed by atoms with van der Waals surface area (Å²) in [6.45, 7) is 0. The molecule has 0 radical (unpaired) electrons. The molecule has 0 saturated heterocycles. The van der Waals surface area contributed by atoms with Crippen molar-refractivity contribution in [3.8, 4) is 5.75 Å². The van der Waals surface area contributed by atoms with Crippen LogP contribution >= 0.6 is 0 Å². The summed E-state index contributed by atoms with van der Waals surface area (Å²) < 4.78 is 44.8. The monoisotopic (exact) mass is 346 g/mol.